The van der Waals surface area contributed by atoms with Crippen LogP contribution in [0.1, 0.15) is 52.4 Å². The van der Waals surface area contributed by atoms with Crippen LogP contribution in [0.5, 0.6) is 0 Å². The third kappa shape index (κ3) is 3.48. The predicted octanol–water partition coefficient (Wildman–Crippen LogP) is 1.36. The number of hydrogen-bond donors (Lipinski definition) is 2. The van der Waals surface area contributed by atoms with Crippen molar-refractivity contribution in [1.82, 2.24) is 14.8 Å². The summed E-state index contributed by atoms with van der Waals surface area (Å²) in [7, 11) is 0. The fourth-order valence-corrected chi connectivity index (χ4v) is 3.44. The lowest BCUT2D eigenvalue weighted by molar-refractivity contribution is 0.0468. The SMILES string of the molecule is CCC(CO)N1CCN(C(=O)c2[nH]c(C)c(C(C)=O)c2C)CC1. The molecule has 1 aromatic heterocycles. The van der Waals surface area contributed by atoms with Crippen molar-refractivity contribution in [3.05, 3.63) is 22.5 Å². The van der Waals surface area contributed by atoms with E-state index in [0.29, 0.717) is 24.3 Å². The number of carbonyl (C=O) groups excluding carboxylic acids is 2. The first-order valence-corrected chi connectivity index (χ1v) is 8.24. The van der Waals surface area contributed by atoms with Crippen molar-refractivity contribution in [2.24, 2.45) is 0 Å². The summed E-state index contributed by atoms with van der Waals surface area (Å²) in [6, 6.07) is 0.172. The van der Waals surface area contributed by atoms with E-state index in [4.69, 9.17) is 0 Å². The molecule has 2 heterocycles. The first kappa shape index (κ1) is 17.7. The van der Waals surface area contributed by atoms with Crippen LogP contribution in [0, 0.1) is 13.8 Å². The van der Waals surface area contributed by atoms with Gasteiger partial charge in [0.05, 0.1) is 6.61 Å². The molecular weight excluding hydrogens is 294 g/mol. The molecule has 0 aromatic carbocycles. The van der Waals surface area contributed by atoms with E-state index in [1.54, 1.807) is 0 Å². The summed E-state index contributed by atoms with van der Waals surface area (Å²) >= 11 is 0. The number of aromatic amines is 1. The molecule has 23 heavy (non-hydrogen) atoms. The molecule has 1 aliphatic heterocycles. The molecule has 1 fully saturated rings. The number of nitrogens with one attached hydrogen (secondary N) is 1. The van der Waals surface area contributed by atoms with Crippen LogP contribution in [0.4, 0.5) is 0 Å². The zero-order valence-electron chi connectivity index (χ0n) is 14.5. The summed E-state index contributed by atoms with van der Waals surface area (Å²) in [5.41, 5.74) is 2.64. The van der Waals surface area contributed by atoms with Gasteiger partial charge in [0.1, 0.15) is 5.69 Å². The number of piperazine rings is 1. The molecule has 0 saturated carbocycles. The molecule has 0 radical (unpaired) electrons. The number of hydrogen-bond acceptors (Lipinski definition) is 4. The van der Waals surface area contributed by atoms with E-state index in [1.807, 2.05) is 18.7 Å². The largest absolute Gasteiger partial charge is 0.395 e. The van der Waals surface area contributed by atoms with E-state index in [9.17, 15) is 14.7 Å². The van der Waals surface area contributed by atoms with Gasteiger partial charge in [0, 0.05) is 43.5 Å². The van der Waals surface area contributed by atoms with E-state index in [2.05, 4.69) is 16.8 Å². The quantitative estimate of drug-likeness (QED) is 0.803. The lowest BCUT2D eigenvalue weighted by atomic mass is 10.1. The molecule has 6 nitrogen and oxygen atoms in total. The van der Waals surface area contributed by atoms with Crippen LogP contribution >= 0.6 is 0 Å². The van der Waals surface area contributed by atoms with E-state index in [1.165, 1.54) is 6.92 Å². The number of nitrogens with zero attached hydrogens (tertiary/aromatic N) is 2. The summed E-state index contributed by atoms with van der Waals surface area (Å²) in [6.45, 7) is 10.2. The molecule has 2 rings (SSSR count). The summed E-state index contributed by atoms with van der Waals surface area (Å²) in [4.78, 5) is 31.6. The van der Waals surface area contributed by atoms with Gasteiger partial charge in [-0.1, -0.05) is 6.92 Å². The van der Waals surface area contributed by atoms with E-state index in [-0.39, 0.29) is 24.3 Å². The minimum atomic E-state index is -0.0465. The van der Waals surface area contributed by atoms with Crippen molar-refractivity contribution in [3.63, 3.8) is 0 Å². The molecule has 2 N–H and O–H groups in total. The van der Waals surface area contributed by atoms with Gasteiger partial charge in [0.25, 0.3) is 5.91 Å². The lowest BCUT2D eigenvalue weighted by Gasteiger charge is -2.38. The minimum absolute atomic E-state index is 0.0196. The van der Waals surface area contributed by atoms with Crippen LogP contribution < -0.4 is 0 Å². The summed E-state index contributed by atoms with van der Waals surface area (Å²) < 4.78 is 0. The van der Waals surface area contributed by atoms with Crippen molar-refractivity contribution >= 4 is 11.7 Å². The average Bonchev–Trinajstić information content (AvgIpc) is 2.83. The topological polar surface area (TPSA) is 76.6 Å². The third-order valence-electron chi connectivity index (χ3n) is 4.80. The number of carbonyl (C=O) groups is 2. The highest BCUT2D eigenvalue weighted by Crippen LogP contribution is 2.21. The van der Waals surface area contributed by atoms with Gasteiger partial charge in [0.2, 0.25) is 0 Å². The second-order valence-corrected chi connectivity index (χ2v) is 6.25. The van der Waals surface area contributed by atoms with Crippen LogP contribution in [0.15, 0.2) is 0 Å². The zero-order chi connectivity index (χ0) is 17.1. The number of rotatable bonds is 5. The molecule has 0 bridgehead atoms. The number of aliphatic hydroxyl groups is 1. The molecule has 1 unspecified atom stereocenters. The predicted molar refractivity (Wildman–Crippen MR) is 88.9 cm³/mol. The first-order chi connectivity index (χ1) is 10.9. The van der Waals surface area contributed by atoms with Gasteiger partial charge in [0.15, 0.2) is 5.78 Å². The summed E-state index contributed by atoms with van der Waals surface area (Å²) in [6.07, 6.45) is 0.904. The van der Waals surface area contributed by atoms with E-state index < -0.39 is 0 Å². The first-order valence-electron chi connectivity index (χ1n) is 8.24. The van der Waals surface area contributed by atoms with Crippen molar-refractivity contribution < 1.29 is 14.7 Å². The van der Waals surface area contributed by atoms with Crippen molar-refractivity contribution in [3.8, 4) is 0 Å². The maximum Gasteiger partial charge on any atom is 0.270 e. The second kappa shape index (κ2) is 7.27. The Labute approximate surface area is 137 Å². The summed E-state index contributed by atoms with van der Waals surface area (Å²) in [5, 5.41) is 9.39. The monoisotopic (exact) mass is 321 g/mol. The molecule has 1 saturated heterocycles. The normalized spacial score (nSPS) is 17.3. The van der Waals surface area contributed by atoms with Crippen LogP contribution in [0.2, 0.25) is 0 Å². The third-order valence-corrected chi connectivity index (χ3v) is 4.80. The van der Waals surface area contributed by atoms with Crippen LogP contribution in [0.3, 0.4) is 0 Å². The highest BCUT2D eigenvalue weighted by Gasteiger charge is 2.28. The number of aromatic nitrogens is 1. The summed E-state index contributed by atoms with van der Waals surface area (Å²) in [5.74, 6) is -0.0661. The Kier molecular flexibility index (Phi) is 5.59. The van der Waals surface area contributed by atoms with Gasteiger partial charge in [-0.05, 0) is 32.8 Å². The number of H-pyrrole nitrogens is 1. The second-order valence-electron chi connectivity index (χ2n) is 6.25. The Morgan fingerprint density at radius 1 is 1.22 bits per heavy atom. The van der Waals surface area contributed by atoms with Gasteiger partial charge in [-0.15, -0.1) is 0 Å². The molecule has 1 atom stereocenters. The van der Waals surface area contributed by atoms with Gasteiger partial charge < -0.3 is 15.0 Å². The maximum atomic E-state index is 12.7. The smallest absolute Gasteiger partial charge is 0.270 e. The number of amides is 1. The fraction of sp³-hybridized carbons (Fsp3) is 0.647. The molecule has 1 amide bonds. The molecule has 0 spiro atoms. The Morgan fingerprint density at radius 3 is 2.26 bits per heavy atom. The number of ketones is 1. The Balaban J connectivity index is 2.09. The van der Waals surface area contributed by atoms with Crippen molar-refractivity contribution in [2.45, 2.75) is 40.2 Å². The van der Waals surface area contributed by atoms with Crippen LogP contribution in [-0.4, -0.2) is 70.4 Å². The molecule has 0 aliphatic carbocycles. The van der Waals surface area contributed by atoms with Gasteiger partial charge in [-0.25, -0.2) is 0 Å². The lowest BCUT2D eigenvalue weighted by Crippen LogP contribution is -2.52. The number of aliphatic hydroxyl groups excluding tert-OH is 1. The number of aryl methyl sites for hydroxylation is 1. The fourth-order valence-electron chi connectivity index (χ4n) is 3.44. The Hall–Kier alpha value is -1.66. The highest BCUT2D eigenvalue weighted by molar-refractivity contribution is 6.02. The van der Waals surface area contributed by atoms with Crippen LogP contribution in [0.25, 0.3) is 0 Å². The average molecular weight is 321 g/mol. The molecule has 128 valence electrons. The molecule has 1 aromatic rings. The molecule has 1 aliphatic rings. The van der Waals surface area contributed by atoms with Gasteiger partial charge in [-0.2, -0.15) is 0 Å². The van der Waals surface area contributed by atoms with E-state index in [0.717, 1.165) is 30.8 Å². The van der Waals surface area contributed by atoms with Gasteiger partial charge >= 0.3 is 0 Å². The van der Waals surface area contributed by atoms with Crippen molar-refractivity contribution in [2.75, 3.05) is 32.8 Å². The number of Topliss-reactive ketones (excluding diaryl/α,β-unsaturated/α-hetero) is 1. The van der Waals surface area contributed by atoms with Crippen molar-refractivity contribution in [1.29, 1.82) is 0 Å². The Morgan fingerprint density at radius 2 is 1.83 bits per heavy atom. The highest BCUT2D eigenvalue weighted by atomic mass is 16.3. The van der Waals surface area contributed by atoms with Crippen LogP contribution in [-0.2, 0) is 0 Å². The zero-order valence-corrected chi connectivity index (χ0v) is 14.5. The molecular formula is C17H27N3O3. The van der Waals surface area contributed by atoms with E-state index >= 15 is 0 Å². The standard InChI is InChI=1S/C17H27N3O3/c1-5-14(10-21)19-6-8-20(9-7-19)17(23)16-11(2)15(13(4)22)12(3)18-16/h14,18,21H,5-10H2,1-4H3. The Bertz CT molecular complexity index is 582. The maximum absolute atomic E-state index is 12.7. The van der Waals surface area contributed by atoms with Gasteiger partial charge in [-0.3, -0.25) is 14.5 Å². The minimum Gasteiger partial charge on any atom is -0.395 e. The molecule has 6 heteroatoms.